The summed E-state index contributed by atoms with van der Waals surface area (Å²) in [4.78, 5) is 0. The van der Waals surface area contributed by atoms with Gasteiger partial charge in [-0.15, -0.1) is 0 Å². The number of benzene rings is 1. The lowest BCUT2D eigenvalue weighted by molar-refractivity contribution is 0.299. The van der Waals surface area contributed by atoms with Gasteiger partial charge in [-0.25, -0.2) is 0 Å². The van der Waals surface area contributed by atoms with Crippen molar-refractivity contribution in [2.75, 3.05) is 20.2 Å². The van der Waals surface area contributed by atoms with E-state index in [-0.39, 0.29) is 6.61 Å². The van der Waals surface area contributed by atoms with Crippen LogP contribution in [-0.2, 0) is 12.8 Å². The first-order valence-electron chi connectivity index (χ1n) is 4.70. The molecule has 0 aliphatic rings. The summed E-state index contributed by atoms with van der Waals surface area (Å²) in [6.45, 7) is 1.25. The Bertz CT molecular complexity index is 230. The van der Waals surface area contributed by atoms with Crippen molar-refractivity contribution in [2.45, 2.75) is 12.8 Å². The zero-order valence-corrected chi connectivity index (χ0v) is 8.09. The van der Waals surface area contributed by atoms with Gasteiger partial charge in [-0.3, -0.25) is 0 Å². The van der Waals surface area contributed by atoms with Crippen LogP contribution in [0.5, 0.6) is 0 Å². The fraction of sp³-hybridized carbons (Fsp3) is 0.455. The molecule has 2 nitrogen and oxygen atoms in total. The Morgan fingerprint density at radius 1 is 1.08 bits per heavy atom. The van der Waals surface area contributed by atoms with Crippen molar-refractivity contribution in [1.82, 2.24) is 5.32 Å². The topological polar surface area (TPSA) is 32.3 Å². The number of hydrogen-bond donors (Lipinski definition) is 2. The first-order chi connectivity index (χ1) is 6.36. The summed E-state index contributed by atoms with van der Waals surface area (Å²) in [5.74, 6) is 0. The van der Waals surface area contributed by atoms with Gasteiger partial charge in [0.2, 0.25) is 0 Å². The van der Waals surface area contributed by atoms with Gasteiger partial charge < -0.3 is 10.4 Å². The summed E-state index contributed by atoms with van der Waals surface area (Å²) >= 11 is 0. The summed E-state index contributed by atoms with van der Waals surface area (Å²) in [5.41, 5.74) is 2.55. The molecule has 1 aromatic carbocycles. The smallest absolute Gasteiger partial charge is 0.0471 e. The third-order valence-corrected chi connectivity index (χ3v) is 2.09. The first-order valence-corrected chi connectivity index (χ1v) is 4.70. The molecule has 0 atom stereocenters. The van der Waals surface area contributed by atoms with Crippen LogP contribution in [0.1, 0.15) is 11.1 Å². The predicted octanol–water partition coefficient (Wildman–Crippen LogP) is 0.983. The van der Waals surface area contributed by atoms with E-state index in [9.17, 15) is 0 Å². The molecule has 0 aliphatic carbocycles. The molecule has 0 spiro atoms. The fourth-order valence-electron chi connectivity index (χ4n) is 1.27. The normalized spacial score (nSPS) is 10.3. The van der Waals surface area contributed by atoms with Crippen molar-refractivity contribution in [3.8, 4) is 0 Å². The minimum absolute atomic E-state index is 0.232. The largest absolute Gasteiger partial charge is 0.396 e. The number of aliphatic hydroxyl groups excluding tert-OH is 1. The highest BCUT2D eigenvalue weighted by Crippen LogP contribution is 2.05. The molecule has 0 aliphatic heterocycles. The highest BCUT2D eigenvalue weighted by atomic mass is 16.2. The first kappa shape index (κ1) is 10.2. The number of nitrogens with one attached hydrogen (secondary N) is 1. The maximum atomic E-state index is 8.72. The van der Waals surface area contributed by atoms with Gasteiger partial charge in [0.1, 0.15) is 0 Å². The van der Waals surface area contributed by atoms with Crippen LogP contribution in [0.25, 0.3) is 0 Å². The fourth-order valence-corrected chi connectivity index (χ4v) is 1.27. The molecule has 0 unspecified atom stereocenters. The van der Waals surface area contributed by atoms with Crippen LogP contribution in [0.4, 0.5) is 0 Å². The molecule has 0 amide bonds. The molecule has 2 heteroatoms. The second-order valence-electron chi connectivity index (χ2n) is 3.14. The van der Waals surface area contributed by atoms with Crippen molar-refractivity contribution < 1.29 is 5.11 Å². The van der Waals surface area contributed by atoms with Gasteiger partial charge in [0.15, 0.2) is 0 Å². The van der Waals surface area contributed by atoms with Crippen LogP contribution in [-0.4, -0.2) is 25.3 Å². The van der Waals surface area contributed by atoms with E-state index in [0.29, 0.717) is 0 Å². The molecule has 0 saturated carbocycles. The van der Waals surface area contributed by atoms with Crippen LogP contribution in [0.15, 0.2) is 24.3 Å². The average molecular weight is 179 g/mol. The number of aliphatic hydroxyl groups is 1. The molecule has 72 valence electrons. The molecule has 1 rings (SSSR count). The Hall–Kier alpha value is -0.860. The Morgan fingerprint density at radius 2 is 1.62 bits per heavy atom. The van der Waals surface area contributed by atoms with E-state index < -0.39 is 0 Å². The van der Waals surface area contributed by atoms with E-state index in [4.69, 9.17) is 5.11 Å². The SMILES string of the molecule is CNCCc1ccc(CCO)cc1. The third kappa shape index (κ3) is 3.57. The minimum Gasteiger partial charge on any atom is -0.396 e. The molecule has 0 radical (unpaired) electrons. The van der Waals surface area contributed by atoms with Crippen molar-refractivity contribution in [3.63, 3.8) is 0 Å². The highest BCUT2D eigenvalue weighted by molar-refractivity contribution is 5.22. The van der Waals surface area contributed by atoms with Crippen LogP contribution in [0.3, 0.4) is 0 Å². The molecular weight excluding hydrogens is 162 g/mol. The third-order valence-electron chi connectivity index (χ3n) is 2.09. The lowest BCUT2D eigenvalue weighted by Crippen LogP contribution is -2.10. The molecule has 13 heavy (non-hydrogen) atoms. The van der Waals surface area contributed by atoms with Crippen molar-refractivity contribution in [1.29, 1.82) is 0 Å². The van der Waals surface area contributed by atoms with Gasteiger partial charge in [-0.2, -0.15) is 0 Å². The average Bonchev–Trinajstić information content (AvgIpc) is 2.17. The predicted molar refractivity (Wildman–Crippen MR) is 54.9 cm³/mol. The molecule has 1 aromatic rings. The second-order valence-corrected chi connectivity index (χ2v) is 3.14. The monoisotopic (exact) mass is 179 g/mol. The van der Waals surface area contributed by atoms with Crippen molar-refractivity contribution in [2.24, 2.45) is 0 Å². The van der Waals surface area contributed by atoms with Crippen molar-refractivity contribution >= 4 is 0 Å². The van der Waals surface area contributed by atoms with Gasteiger partial charge in [0, 0.05) is 6.61 Å². The van der Waals surface area contributed by atoms with E-state index in [1.165, 1.54) is 11.1 Å². The molecule has 0 fully saturated rings. The van der Waals surface area contributed by atoms with Crippen LogP contribution < -0.4 is 5.32 Å². The van der Waals surface area contributed by atoms with E-state index in [0.717, 1.165) is 19.4 Å². The van der Waals surface area contributed by atoms with Gasteiger partial charge >= 0.3 is 0 Å². The standard InChI is InChI=1S/C11H17NO/c1-12-8-6-10-2-4-11(5-3-10)7-9-13/h2-5,12-13H,6-9H2,1H3. The Labute approximate surface area is 79.6 Å². The van der Waals surface area contributed by atoms with Gasteiger partial charge in [0.05, 0.1) is 0 Å². The zero-order valence-electron chi connectivity index (χ0n) is 8.09. The number of likely N-dealkylation sites (N-methyl/N-ethyl adjacent to an activating group) is 1. The summed E-state index contributed by atoms with van der Waals surface area (Å²) in [6, 6.07) is 8.42. The molecular formula is C11H17NO. The second kappa shape index (κ2) is 5.73. The summed E-state index contributed by atoms with van der Waals surface area (Å²) in [6.07, 6.45) is 1.82. The van der Waals surface area contributed by atoms with E-state index in [1.54, 1.807) is 0 Å². The Kier molecular flexibility index (Phi) is 4.50. The number of hydrogen-bond acceptors (Lipinski definition) is 2. The van der Waals surface area contributed by atoms with Gasteiger partial charge in [-0.05, 0) is 37.6 Å². The van der Waals surface area contributed by atoms with Gasteiger partial charge in [0.25, 0.3) is 0 Å². The summed E-state index contributed by atoms with van der Waals surface area (Å²) in [5, 5.41) is 11.8. The maximum Gasteiger partial charge on any atom is 0.0471 e. The number of rotatable bonds is 5. The lowest BCUT2D eigenvalue weighted by atomic mass is 10.1. The summed E-state index contributed by atoms with van der Waals surface area (Å²) in [7, 11) is 1.96. The van der Waals surface area contributed by atoms with E-state index >= 15 is 0 Å². The lowest BCUT2D eigenvalue weighted by Gasteiger charge is -2.02. The van der Waals surface area contributed by atoms with Gasteiger partial charge in [-0.1, -0.05) is 24.3 Å². The van der Waals surface area contributed by atoms with E-state index in [1.807, 2.05) is 7.05 Å². The van der Waals surface area contributed by atoms with Crippen molar-refractivity contribution in [3.05, 3.63) is 35.4 Å². The quantitative estimate of drug-likeness (QED) is 0.706. The van der Waals surface area contributed by atoms with E-state index in [2.05, 4.69) is 29.6 Å². The van der Waals surface area contributed by atoms with Crippen LogP contribution >= 0.6 is 0 Å². The molecule has 2 N–H and O–H groups in total. The molecule has 0 aromatic heterocycles. The molecule has 0 saturated heterocycles. The Balaban J connectivity index is 2.48. The Morgan fingerprint density at radius 3 is 2.08 bits per heavy atom. The zero-order chi connectivity index (χ0) is 9.52. The molecule has 0 bridgehead atoms. The van der Waals surface area contributed by atoms with Crippen LogP contribution in [0, 0.1) is 0 Å². The maximum absolute atomic E-state index is 8.72. The highest BCUT2D eigenvalue weighted by Gasteiger charge is 1.93. The minimum atomic E-state index is 0.232. The van der Waals surface area contributed by atoms with Crippen LogP contribution in [0.2, 0.25) is 0 Å². The summed E-state index contributed by atoms with van der Waals surface area (Å²) < 4.78 is 0. The molecule has 0 heterocycles.